The molecule has 0 fully saturated rings. The molecule has 0 atom stereocenters. The van der Waals surface area contributed by atoms with Crippen molar-refractivity contribution >= 4 is 68.3 Å². The summed E-state index contributed by atoms with van der Waals surface area (Å²) in [4.78, 5) is 35.4. The lowest BCUT2D eigenvalue weighted by Crippen LogP contribution is -2.21. The minimum atomic E-state index is -0.561. The molecule has 2 amide bonds. The maximum Gasteiger partial charge on any atom is 0.306 e. The Balaban J connectivity index is 1.65. The van der Waals surface area contributed by atoms with Gasteiger partial charge in [-0.25, -0.2) is 0 Å². The quantitative estimate of drug-likeness (QED) is 0.510. The van der Waals surface area contributed by atoms with Crippen LogP contribution in [0.15, 0.2) is 46.9 Å². The van der Waals surface area contributed by atoms with Crippen LogP contribution < -0.4 is 10.6 Å². The SMILES string of the molecule is O=C(COC(=O)CCCC(=O)Nc1ccccc1Cl)Nc1ccc(Br)c(Cl)c1. The fourth-order valence-corrected chi connectivity index (χ4v) is 2.77. The largest absolute Gasteiger partial charge is 0.456 e. The van der Waals surface area contributed by atoms with Gasteiger partial charge in [-0.3, -0.25) is 14.4 Å². The van der Waals surface area contributed by atoms with Crippen molar-refractivity contribution < 1.29 is 19.1 Å². The van der Waals surface area contributed by atoms with Crippen LogP contribution in [-0.2, 0) is 19.1 Å². The molecule has 0 aliphatic carbocycles. The zero-order valence-electron chi connectivity index (χ0n) is 14.6. The monoisotopic (exact) mass is 486 g/mol. The second-order valence-corrected chi connectivity index (χ2v) is 7.39. The zero-order valence-corrected chi connectivity index (χ0v) is 17.7. The molecule has 0 aliphatic rings. The van der Waals surface area contributed by atoms with E-state index in [0.29, 0.717) is 32.3 Å². The Morgan fingerprint density at radius 2 is 1.68 bits per heavy atom. The number of carbonyl (C=O) groups is 3. The topological polar surface area (TPSA) is 84.5 Å². The Hall–Kier alpha value is -2.09. The van der Waals surface area contributed by atoms with Crippen LogP contribution in [0.5, 0.6) is 0 Å². The van der Waals surface area contributed by atoms with Gasteiger partial charge in [-0.2, -0.15) is 0 Å². The van der Waals surface area contributed by atoms with E-state index < -0.39 is 18.5 Å². The summed E-state index contributed by atoms with van der Waals surface area (Å²) in [7, 11) is 0. The van der Waals surface area contributed by atoms with Crippen LogP contribution in [0.25, 0.3) is 0 Å². The second kappa shape index (κ2) is 11.0. The van der Waals surface area contributed by atoms with Crippen LogP contribution in [-0.4, -0.2) is 24.4 Å². The average molecular weight is 488 g/mol. The maximum atomic E-state index is 11.9. The molecular weight excluding hydrogens is 471 g/mol. The lowest BCUT2D eigenvalue weighted by molar-refractivity contribution is -0.147. The summed E-state index contributed by atoms with van der Waals surface area (Å²) < 4.78 is 5.61. The summed E-state index contributed by atoms with van der Waals surface area (Å²) in [6, 6.07) is 11.8. The van der Waals surface area contributed by atoms with Gasteiger partial charge in [-0.05, 0) is 52.7 Å². The highest BCUT2D eigenvalue weighted by atomic mass is 79.9. The van der Waals surface area contributed by atoms with Crippen molar-refractivity contribution in [1.82, 2.24) is 0 Å². The molecule has 0 radical (unpaired) electrons. The van der Waals surface area contributed by atoms with E-state index in [-0.39, 0.29) is 18.7 Å². The fourth-order valence-electron chi connectivity index (χ4n) is 2.16. The van der Waals surface area contributed by atoms with Crippen molar-refractivity contribution in [3.63, 3.8) is 0 Å². The first-order chi connectivity index (χ1) is 13.3. The van der Waals surface area contributed by atoms with Crippen LogP contribution in [0, 0.1) is 0 Å². The van der Waals surface area contributed by atoms with Gasteiger partial charge in [0, 0.05) is 23.0 Å². The second-order valence-electron chi connectivity index (χ2n) is 5.72. The molecule has 148 valence electrons. The zero-order chi connectivity index (χ0) is 20.5. The number of nitrogens with one attached hydrogen (secondary N) is 2. The first kappa shape index (κ1) is 22.2. The molecular formula is C19H17BrCl2N2O4. The number of carbonyl (C=O) groups excluding carboxylic acids is 3. The molecule has 9 heteroatoms. The van der Waals surface area contributed by atoms with E-state index in [1.165, 1.54) is 0 Å². The van der Waals surface area contributed by atoms with Crippen molar-refractivity contribution in [2.24, 2.45) is 0 Å². The molecule has 2 aromatic rings. The lowest BCUT2D eigenvalue weighted by Gasteiger charge is -2.08. The van der Waals surface area contributed by atoms with Crippen LogP contribution in [0.3, 0.4) is 0 Å². The molecule has 28 heavy (non-hydrogen) atoms. The van der Waals surface area contributed by atoms with Crippen molar-refractivity contribution in [3.8, 4) is 0 Å². The number of esters is 1. The van der Waals surface area contributed by atoms with Crippen LogP contribution >= 0.6 is 39.1 Å². The number of ether oxygens (including phenoxy) is 1. The Morgan fingerprint density at radius 1 is 0.929 bits per heavy atom. The van der Waals surface area contributed by atoms with E-state index in [1.807, 2.05) is 0 Å². The number of hydrogen-bond acceptors (Lipinski definition) is 4. The first-order valence-electron chi connectivity index (χ1n) is 8.30. The van der Waals surface area contributed by atoms with Gasteiger partial charge in [0.05, 0.1) is 15.7 Å². The van der Waals surface area contributed by atoms with Gasteiger partial charge in [-0.1, -0.05) is 35.3 Å². The van der Waals surface area contributed by atoms with Crippen molar-refractivity contribution in [1.29, 1.82) is 0 Å². The van der Waals surface area contributed by atoms with E-state index in [0.717, 1.165) is 0 Å². The molecule has 0 aliphatic heterocycles. The van der Waals surface area contributed by atoms with E-state index in [4.69, 9.17) is 27.9 Å². The summed E-state index contributed by atoms with van der Waals surface area (Å²) >= 11 is 15.2. The third kappa shape index (κ3) is 7.50. The number of benzene rings is 2. The number of anilines is 2. The van der Waals surface area contributed by atoms with Gasteiger partial charge >= 0.3 is 5.97 Å². The first-order valence-corrected chi connectivity index (χ1v) is 9.85. The van der Waals surface area contributed by atoms with Crippen molar-refractivity contribution in [3.05, 3.63) is 57.0 Å². The predicted molar refractivity (Wildman–Crippen MR) is 113 cm³/mol. The summed E-state index contributed by atoms with van der Waals surface area (Å²) in [6.07, 6.45) is 0.441. The van der Waals surface area contributed by atoms with Gasteiger partial charge in [0.1, 0.15) is 0 Å². The highest BCUT2D eigenvalue weighted by molar-refractivity contribution is 9.10. The smallest absolute Gasteiger partial charge is 0.306 e. The van der Waals surface area contributed by atoms with Crippen LogP contribution in [0.2, 0.25) is 10.0 Å². The molecule has 2 N–H and O–H groups in total. The van der Waals surface area contributed by atoms with E-state index in [2.05, 4.69) is 26.6 Å². The Morgan fingerprint density at radius 3 is 2.39 bits per heavy atom. The highest BCUT2D eigenvalue weighted by Gasteiger charge is 2.11. The lowest BCUT2D eigenvalue weighted by atomic mass is 10.2. The minimum absolute atomic E-state index is 0.0212. The molecule has 2 aromatic carbocycles. The normalized spacial score (nSPS) is 10.2. The Kier molecular flexibility index (Phi) is 8.76. The van der Waals surface area contributed by atoms with Gasteiger partial charge in [0.25, 0.3) is 5.91 Å². The van der Waals surface area contributed by atoms with E-state index in [1.54, 1.807) is 42.5 Å². The van der Waals surface area contributed by atoms with Gasteiger partial charge in [-0.15, -0.1) is 0 Å². The Labute approximate surface area is 180 Å². The van der Waals surface area contributed by atoms with Crippen molar-refractivity contribution in [2.45, 2.75) is 19.3 Å². The molecule has 0 spiro atoms. The number of rotatable bonds is 8. The molecule has 0 bridgehead atoms. The molecule has 0 saturated heterocycles. The molecule has 0 aromatic heterocycles. The average Bonchev–Trinajstić information content (AvgIpc) is 2.65. The number of hydrogen-bond donors (Lipinski definition) is 2. The minimum Gasteiger partial charge on any atom is -0.456 e. The van der Waals surface area contributed by atoms with Crippen LogP contribution in [0.4, 0.5) is 11.4 Å². The number of amides is 2. The van der Waals surface area contributed by atoms with Gasteiger partial charge < -0.3 is 15.4 Å². The molecule has 6 nitrogen and oxygen atoms in total. The third-order valence-corrected chi connectivity index (χ3v) is 5.06. The number of para-hydroxylation sites is 1. The van der Waals surface area contributed by atoms with E-state index in [9.17, 15) is 14.4 Å². The molecule has 2 rings (SSSR count). The van der Waals surface area contributed by atoms with Crippen LogP contribution in [0.1, 0.15) is 19.3 Å². The summed E-state index contributed by atoms with van der Waals surface area (Å²) in [5.74, 6) is -1.30. The number of halogens is 3. The summed E-state index contributed by atoms with van der Waals surface area (Å²) in [5.41, 5.74) is 1.01. The standard InChI is InChI=1S/C19H17BrCl2N2O4/c20-13-9-8-12(10-15(13)22)23-18(26)11-28-19(27)7-3-6-17(25)24-16-5-2-1-4-14(16)21/h1-2,4-5,8-10H,3,6-7,11H2,(H,23,26)(H,24,25). The molecule has 0 saturated carbocycles. The maximum absolute atomic E-state index is 11.9. The molecule has 0 heterocycles. The molecule has 0 unspecified atom stereocenters. The highest BCUT2D eigenvalue weighted by Crippen LogP contribution is 2.25. The summed E-state index contributed by atoms with van der Waals surface area (Å²) in [6.45, 7) is -0.418. The fraction of sp³-hybridized carbons (Fsp3) is 0.211. The Bertz CT molecular complexity index is 877. The summed E-state index contributed by atoms with van der Waals surface area (Å²) in [5, 5.41) is 6.13. The van der Waals surface area contributed by atoms with E-state index >= 15 is 0 Å². The third-order valence-electron chi connectivity index (χ3n) is 3.50. The van der Waals surface area contributed by atoms with Gasteiger partial charge in [0.15, 0.2) is 6.61 Å². The van der Waals surface area contributed by atoms with Crippen molar-refractivity contribution in [2.75, 3.05) is 17.2 Å². The van der Waals surface area contributed by atoms with Gasteiger partial charge in [0.2, 0.25) is 5.91 Å². The predicted octanol–water partition coefficient (Wildman–Crippen LogP) is 5.05.